The third-order valence-electron chi connectivity index (χ3n) is 2.42. The number of carboxylic acid groups (broad SMARTS) is 1. The van der Waals surface area contributed by atoms with E-state index in [-0.39, 0.29) is 23.8 Å². The first-order valence-corrected chi connectivity index (χ1v) is 6.64. The Labute approximate surface area is 128 Å². The van der Waals surface area contributed by atoms with Gasteiger partial charge in [0.2, 0.25) is 5.88 Å². The van der Waals surface area contributed by atoms with Gasteiger partial charge in [-0.15, -0.1) is 0 Å². The zero-order valence-corrected chi connectivity index (χ0v) is 12.5. The number of aromatic carboxylic acids is 1. The van der Waals surface area contributed by atoms with Gasteiger partial charge in [-0.2, -0.15) is 0 Å². The van der Waals surface area contributed by atoms with Crippen LogP contribution in [0.5, 0.6) is 5.75 Å². The molecule has 1 heterocycles. The number of nitrogens with one attached hydrogen (secondary N) is 1. The summed E-state index contributed by atoms with van der Waals surface area (Å²) < 4.78 is 10.7. The highest BCUT2D eigenvalue weighted by Crippen LogP contribution is 2.23. The maximum absolute atomic E-state index is 11.7. The zero-order valence-electron chi connectivity index (χ0n) is 10.9. The predicted molar refractivity (Wildman–Crippen MR) is 76.5 cm³/mol. The normalized spacial score (nSPS) is 10.2. The van der Waals surface area contributed by atoms with Crippen LogP contribution in [0.3, 0.4) is 0 Å². The maximum Gasteiger partial charge on any atom is 0.339 e. The van der Waals surface area contributed by atoms with Gasteiger partial charge in [-0.25, -0.2) is 4.79 Å². The lowest BCUT2D eigenvalue weighted by atomic mass is 10.2. The van der Waals surface area contributed by atoms with E-state index in [0.717, 1.165) is 0 Å². The summed E-state index contributed by atoms with van der Waals surface area (Å²) >= 11 is 3.21. The Hall–Kier alpha value is -2.35. The van der Waals surface area contributed by atoms with Gasteiger partial charge >= 0.3 is 5.97 Å². The number of amides is 1. The van der Waals surface area contributed by atoms with Crippen molar-refractivity contribution in [3.63, 3.8) is 0 Å². The van der Waals surface area contributed by atoms with Gasteiger partial charge in [0.05, 0.1) is 5.69 Å². The number of benzene rings is 1. The van der Waals surface area contributed by atoms with Gasteiger partial charge in [-0.05, 0) is 25.1 Å². The topological polar surface area (TPSA) is 102 Å². The van der Waals surface area contributed by atoms with Crippen LogP contribution in [-0.4, -0.2) is 28.7 Å². The number of aryl methyl sites for hydroxylation is 1. The van der Waals surface area contributed by atoms with E-state index < -0.39 is 11.9 Å². The van der Waals surface area contributed by atoms with E-state index in [1.807, 2.05) is 0 Å². The summed E-state index contributed by atoms with van der Waals surface area (Å²) in [5, 5.41) is 15.1. The van der Waals surface area contributed by atoms with Gasteiger partial charge in [0.1, 0.15) is 11.3 Å². The molecule has 0 aliphatic heterocycles. The Balaban J connectivity index is 2.00. The number of hydrogen-bond acceptors (Lipinski definition) is 5. The molecule has 0 aliphatic carbocycles. The minimum absolute atomic E-state index is 0.0264. The molecule has 0 fully saturated rings. The molecule has 0 spiro atoms. The van der Waals surface area contributed by atoms with E-state index in [4.69, 9.17) is 14.4 Å². The number of carbonyl (C=O) groups excluding carboxylic acids is 1. The lowest BCUT2D eigenvalue weighted by Gasteiger charge is -2.09. The van der Waals surface area contributed by atoms with Crippen LogP contribution in [0.2, 0.25) is 0 Å². The Morgan fingerprint density at radius 1 is 1.43 bits per heavy atom. The maximum atomic E-state index is 11.7. The van der Waals surface area contributed by atoms with Crippen molar-refractivity contribution in [2.24, 2.45) is 0 Å². The molecular weight excluding hydrogens is 344 g/mol. The van der Waals surface area contributed by atoms with Crippen molar-refractivity contribution >= 4 is 33.7 Å². The number of rotatable bonds is 5. The molecule has 0 radical (unpaired) electrons. The highest BCUT2D eigenvalue weighted by atomic mass is 79.9. The van der Waals surface area contributed by atoms with Gasteiger partial charge in [0.25, 0.3) is 5.91 Å². The number of anilines is 1. The molecule has 1 aromatic heterocycles. The lowest BCUT2D eigenvalue weighted by molar-refractivity contribution is -0.118. The minimum atomic E-state index is -1.14. The van der Waals surface area contributed by atoms with Crippen LogP contribution in [0.15, 0.2) is 33.3 Å². The van der Waals surface area contributed by atoms with Crippen molar-refractivity contribution in [2.75, 3.05) is 11.9 Å². The molecule has 1 amide bonds. The van der Waals surface area contributed by atoms with E-state index in [2.05, 4.69) is 26.4 Å². The highest BCUT2D eigenvalue weighted by Gasteiger charge is 2.14. The minimum Gasteiger partial charge on any atom is -0.483 e. The van der Waals surface area contributed by atoms with Gasteiger partial charge in [0.15, 0.2) is 6.61 Å². The first-order valence-electron chi connectivity index (χ1n) is 5.84. The molecule has 0 unspecified atom stereocenters. The van der Waals surface area contributed by atoms with Crippen molar-refractivity contribution in [1.82, 2.24) is 5.16 Å². The van der Waals surface area contributed by atoms with Crippen LogP contribution >= 0.6 is 15.9 Å². The van der Waals surface area contributed by atoms with Crippen LogP contribution < -0.4 is 10.1 Å². The van der Waals surface area contributed by atoms with Crippen LogP contribution in [0.1, 0.15) is 16.1 Å². The third-order valence-corrected chi connectivity index (χ3v) is 2.92. The summed E-state index contributed by atoms with van der Waals surface area (Å²) in [6.45, 7) is 1.37. The summed E-state index contributed by atoms with van der Waals surface area (Å²) in [5.41, 5.74) is 0.605. The molecule has 7 nitrogen and oxygen atoms in total. The fraction of sp³-hybridized carbons (Fsp3) is 0.154. The summed E-state index contributed by atoms with van der Waals surface area (Å²) in [7, 11) is 0. The molecule has 1 aromatic carbocycles. The van der Waals surface area contributed by atoms with E-state index in [1.165, 1.54) is 12.1 Å². The number of carboxylic acids is 1. The van der Waals surface area contributed by atoms with E-state index in [1.54, 1.807) is 19.1 Å². The Kier molecular flexibility index (Phi) is 4.59. The van der Waals surface area contributed by atoms with Gasteiger partial charge in [-0.3, -0.25) is 10.1 Å². The van der Waals surface area contributed by atoms with Crippen molar-refractivity contribution < 1.29 is 24.0 Å². The second-order valence-electron chi connectivity index (χ2n) is 4.12. The van der Waals surface area contributed by atoms with Crippen LogP contribution in [0, 0.1) is 6.92 Å². The molecule has 0 atom stereocenters. The van der Waals surface area contributed by atoms with Crippen molar-refractivity contribution in [3.8, 4) is 5.75 Å². The third kappa shape index (κ3) is 4.06. The monoisotopic (exact) mass is 354 g/mol. The first-order chi connectivity index (χ1) is 9.95. The fourth-order valence-electron chi connectivity index (χ4n) is 1.53. The van der Waals surface area contributed by atoms with E-state index >= 15 is 0 Å². The van der Waals surface area contributed by atoms with Gasteiger partial charge in [0, 0.05) is 10.5 Å². The molecule has 0 saturated heterocycles. The Morgan fingerprint density at radius 2 is 2.19 bits per heavy atom. The number of aromatic nitrogens is 1. The number of ether oxygens (including phenoxy) is 1. The quantitative estimate of drug-likeness (QED) is 0.854. The molecule has 2 aromatic rings. The second kappa shape index (κ2) is 6.40. The Morgan fingerprint density at radius 3 is 2.81 bits per heavy atom. The smallest absolute Gasteiger partial charge is 0.339 e. The summed E-state index contributed by atoms with van der Waals surface area (Å²) in [6.07, 6.45) is 0. The Bertz CT molecular complexity index is 683. The van der Waals surface area contributed by atoms with Gasteiger partial charge < -0.3 is 14.4 Å². The van der Waals surface area contributed by atoms with E-state index in [9.17, 15) is 9.59 Å². The lowest BCUT2D eigenvalue weighted by Crippen LogP contribution is -2.20. The number of halogens is 1. The molecule has 2 rings (SSSR count). The zero-order chi connectivity index (χ0) is 15.4. The fourth-order valence-corrected chi connectivity index (χ4v) is 1.87. The molecule has 110 valence electrons. The van der Waals surface area contributed by atoms with Crippen LogP contribution in [-0.2, 0) is 4.79 Å². The number of hydrogen-bond donors (Lipinski definition) is 2. The van der Waals surface area contributed by atoms with E-state index in [0.29, 0.717) is 10.2 Å². The molecule has 21 heavy (non-hydrogen) atoms. The predicted octanol–water partition coefficient (Wildman–Crippen LogP) is 2.46. The molecule has 8 heteroatoms. The van der Waals surface area contributed by atoms with Crippen LogP contribution in [0.4, 0.5) is 5.88 Å². The van der Waals surface area contributed by atoms with Gasteiger partial charge in [-0.1, -0.05) is 21.1 Å². The largest absolute Gasteiger partial charge is 0.483 e. The van der Waals surface area contributed by atoms with Crippen LogP contribution in [0.25, 0.3) is 0 Å². The van der Waals surface area contributed by atoms with Crippen molar-refractivity contribution in [1.29, 1.82) is 0 Å². The number of carbonyl (C=O) groups is 2. The highest BCUT2D eigenvalue weighted by molar-refractivity contribution is 9.10. The molecule has 0 bridgehead atoms. The second-order valence-corrected chi connectivity index (χ2v) is 5.03. The molecule has 0 saturated carbocycles. The van der Waals surface area contributed by atoms with Crippen molar-refractivity contribution in [3.05, 3.63) is 40.0 Å². The average Bonchev–Trinajstić information content (AvgIpc) is 2.81. The first kappa shape index (κ1) is 15.0. The number of nitrogens with zero attached hydrogens (tertiary/aromatic N) is 1. The average molecular weight is 355 g/mol. The molecule has 0 aliphatic rings. The van der Waals surface area contributed by atoms with Crippen molar-refractivity contribution in [2.45, 2.75) is 6.92 Å². The summed E-state index contributed by atoms with van der Waals surface area (Å²) in [5.74, 6) is -1.32. The summed E-state index contributed by atoms with van der Waals surface area (Å²) in [6, 6.07) is 6.00. The molecular formula is C13H11BrN2O5. The SMILES string of the molecule is Cc1cc(NC(=O)COc2cc(Br)ccc2C(=O)O)on1. The standard InChI is InChI=1S/C13H11BrN2O5/c1-7-4-12(21-16-7)15-11(17)6-20-10-5-8(14)2-3-9(10)13(18)19/h2-5H,6H2,1H3,(H,15,17)(H,18,19). The summed E-state index contributed by atoms with van der Waals surface area (Å²) in [4.78, 5) is 22.7. The molecule has 2 N–H and O–H groups in total.